The van der Waals surface area contributed by atoms with Crippen molar-refractivity contribution < 1.29 is 4.92 Å². The molecule has 1 fully saturated rings. The van der Waals surface area contributed by atoms with E-state index in [2.05, 4.69) is 27.1 Å². The summed E-state index contributed by atoms with van der Waals surface area (Å²) in [6, 6.07) is 9.69. The zero-order valence-electron chi connectivity index (χ0n) is 15.1. The first-order chi connectivity index (χ1) is 12.6. The van der Waals surface area contributed by atoms with Gasteiger partial charge in [0, 0.05) is 26.2 Å². The Bertz CT molecular complexity index is 747. The average Bonchev–Trinajstić information content (AvgIpc) is 2.68. The highest BCUT2D eigenvalue weighted by atomic mass is 16.6. The van der Waals surface area contributed by atoms with Crippen molar-refractivity contribution in [1.82, 2.24) is 14.9 Å². The van der Waals surface area contributed by atoms with E-state index in [4.69, 9.17) is 0 Å². The number of piperazine rings is 1. The number of benzene rings is 1. The second kappa shape index (κ2) is 8.09. The van der Waals surface area contributed by atoms with Gasteiger partial charge in [0.1, 0.15) is 6.33 Å². The first kappa shape index (κ1) is 18.1. The van der Waals surface area contributed by atoms with E-state index in [0.717, 1.165) is 38.3 Å². The van der Waals surface area contributed by atoms with Gasteiger partial charge in [-0.1, -0.05) is 37.3 Å². The molecular formula is C18H24N6O2. The monoisotopic (exact) mass is 356 g/mol. The van der Waals surface area contributed by atoms with Gasteiger partial charge in [-0.05, 0) is 19.0 Å². The normalized spacial score (nSPS) is 16.3. The van der Waals surface area contributed by atoms with Crippen molar-refractivity contribution in [1.29, 1.82) is 0 Å². The Balaban J connectivity index is 1.86. The Labute approximate surface area is 153 Å². The van der Waals surface area contributed by atoms with Gasteiger partial charge in [0.05, 0.1) is 11.0 Å². The lowest BCUT2D eigenvalue weighted by molar-refractivity contribution is -0.383. The summed E-state index contributed by atoms with van der Waals surface area (Å²) in [4.78, 5) is 24.1. The molecule has 0 saturated carbocycles. The largest absolute Gasteiger partial charge is 0.358 e. The number of likely N-dealkylation sites (N-methyl/N-ethyl adjacent to an activating group) is 1. The summed E-state index contributed by atoms with van der Waals surface area (Å²) < 4.78 is 0. The molecule has 1 aromatic heterocycles. The van der Waals surface area contributed by atoms with Gasteiger partial charge >= 0.3 is 5.69 Å². The van der Waals surface area contributed by atoms with Crippen molar-refractivity contribution in [2.45, 2.75) is 19.9 Å². The Morgan fingerprint density at radius 1 is 1.19 bits per heavy atom. The Kier molecular flexibility index (Phi) is 5.62. The summed E-state index contributed by atoms with van der Waals surface area (Å²) in [5.41, 5.74) is 0.985. The van der Waals surface area contributed by atoms with Gasteiger partial charge in [0.2, 0.25) is 11.6 Å². The zero-order chi connectivity index (χ0) is 18.5. The molecule has 2 heterocycles. The summed E-state index contributed by atoms with van der Waals surface area (Å²) in [7, 11) is 0. The van der Waals surface area contributed by atoms with E-state index >= 15 is 0 Å². The number of aromatic nitrogens is 2. The molecule has 1 aliphatic rings. The van der Waals surface area contributed by atoms with Gasteiger partial charge in [0.25, 0.3) is 0 Å². The van der Waals surface area contributed by atoms with E-state index in [-0.39, 0.29) is 22.5 Å². The molecule has 0 bridgehead atoms. The molecule has 1 unspecified atom stereocenters. The first-order valence-electron chi connectivity index (χ1n) is 8.88. The lowest BCUT2D eigenvalue weighted by Gasteiger charge is -2.34. The van der Waals surface area contributed by atoms with Gasteiger partial charge in [-0.2, -0.15) is 0 Å². The molecule has 8 nitrogen and oxygen atoms in total. The van der Waals surface area contributed by atoms with Gasteiger partial charge in [-0.25, -0.2) is 9.97 Å². The maximum Gasteiger partial charge on any atom is 0.353 e. The number of hydrogen-bond acceptors (Lipinski definition) is 7. The summed E-state index contributed by atoms with van der Waals surface area (Å²) in [6.45, 7) is 8.26. The van der Waals surface area contributed by atoms with Gasteiger partial charge in [-0.3, -0.25) is 10.1 Å². The molecule has 1 aliphatic heterocycles. The highest BCUT2D eigenvalue weighted by molar-refractivity contribution is 5.70. The van der Waals surface area contributed by atoms with E-state index in [0.29, 0.717) is 5.82 Å². The molecule has 1 atom stereocenters. The quantitative estimate of drug-likeness (QED) is 0.629. The van der Waals surface area contributed by atoms with Crippen LogP contribution in [0.3, 0.4) is 0 Å². The molecule has 2 aromatic rings. The molecule has 0 radical (unpaired) electrons. The minimum absolute atomic E-state index is 0.0553. The molecule has 1 saturated heterocycles. The predicted octanol–water partition coefficient (Wildman–Crippen LogP) is 2.70. The van der Waals surface area contributed by atoms with Crippen molar-refractivity contribution in [3.8, 4) is 0 Å². The predicted molar refractivity (Wildman–Crippen MR) is 101 cm³/mol. The maximum absolute atomic E-state index is 11.8. The van der Waals surface area contributed by atoms with E-state index in [9.17, 15) is 10.1 Å². The van der Waals surface area contributed by atoms with Crippen LogP contribution in [0.2, 0.25) is 0 Å². The molecule has 0 aliphatic carbocycles. The zero-order valence-corrected chi connectivity index (χ0v) is 15.1. The van der Waals surface area contributed by atoms with Crippen molar-refractivity contribution in [3.63, 3.8) is 0 Å². The molecule has 0 spiro atoms. The van der Waals surface area contributed by atoms with E-state index in [1.54, 1.807) is 0 Å². The maximum atomic E-state index is 11.8. The van der Waals surface area contributed by atoms with Crippen molar-refractivity contribution in [3.05, 3.63) is 52.3 Å². The van der Waals surface area contributed by atoms with Crippen LogP contribution in [0.5, 0.6) is 0 Å². The van der Waals surface area contributed by atoms with Crippen molar-refractivity contribution >= 4 is 17.3 Å². The fourth-order valence-electron chi connectivity index (χ4n) is 3.18. The summed E-state index contributed by atoms with van der Waals surface area (Å²) >= 11 is 0. The SMILES string of the molecule is CCN1CCN(c2ncnc(NC(C)c3ccccc3)c2[N+](=O)[O-])CC1. The van der Waals surface area contributed by atoms with Crippen LogP contribution in [0.25, 0.3) is 0 Å². The molecule has 26 heavy (non-hydrogen) atoms. The van der Waals surface area contributed by atoms with Crippen LogP contribution >= 0.6 is 0 Å². The number of nitrogens with one attached hydrogen (secondary N) is 1. The van der Waals surface area contributed by atoms with Gasteiger partial charge < -0.3 is 15.1 Å². The number of hydrogen-bond donors (Lipinski definition) is 1. The molecule has 1 N–H and O–H groups in total. The third kappa shape index (κ3) is 3.91. The molecule has 8 heteroatoms. The second-order valence-electron chi connectivity index (χ2n) is 6.35. The Morgan fingerprint density at radius 2 is 1.88 bits per heavy atom. The van der Waals surface area contributed by atoms with Gasteiger partial charge in [-0.15, -0.1) is 0 Å². The summed E-state index contributed by atoms with van der Waals surface area (Å²) in [5.74, 6) is 0.651. The summed E-state index contributed by atoms with van der Waals surface area (Å²) in [6.07, 6.45) is 1.40. The van der Waals surface area contributed by atoms with Crippen molar-refractivity contribution in [2.24, 2.45) is 0 Å². The number of rotatable bonds is 6. The summed E-state index contributed by atoms with van der Waals surface area (Å²) in [5, 5.41) is 14.9. The highest BCUT2D eigenvalue weighted by Crippen LogP contribution is 2.34. The van der Waals surface area contributed by atoms with E-state index in [1.165, 1.54) is 6.33 Å². The van der Waals surface area contributed by atoms with Crippen LogP contribution in [0.1, 0.15) is 25.5 Å². The first-order valence-corrected chi connectivity index (χ1v) is 8.88. The number of nitrogens with zero attached hydrogens (tertiary/aromatic N) is 5. The second-order valence-corrected chi connectivity index (χ2v) is 6.35. The molecular weight excluding hydrogens is 332 g/mol. The Hall–Kier alpha value is -2.74. The highest BCUT2D eigenvalue weighted by Gasteiger charge is 2.29. The van der Waals surface area contributed by atoms with Gasteiger partial charge in [0.15, 0.2) is 0 Å². The molecule has 1 aromatic carbocycles. The van der Waals surface area contributed by atoms with Crippen LogP contribution in [-0.4, -0.2) is 52.5 Å². The van der Waals surface area contributed by atoms with Crippen LogP contribution in [-0.2, 0) is 0 Å². The lowest BCUT2D eigenvalue weighted by atomic mass is 10.1. The third-order valence-corrected chi connectivity index (χ3v) is 4.76. The van der Waals surface area contributed by atoms with E-state index in [1.807, 2.05) is 42.2 Å². The number of anilines is 2. The topological polar surface area (TPSA) is 87.4 Å². The third-order valence-electron chi connectivity index (χ3n) is 4.76. The minimum Gasteiger partial charge on any atom is -0.358 e. The molecule has 3 rings (SSSR count). The Morgan fingerprint density at radius 3 is 2.50 bits per heavy atom. The standard InChI is InChI=1S/C18H24N6O2/c1-3-22-9-11-23(12-10-22)18-16(24(25)26)17(19-13-20-18)21-14(2)15-7-5-4-6-8-15/h4-8,13-14H,3,9-12H2,1-2H3,(H,19,20,21). The van der Waals surface area contributed by atoms with Crippen LogP contribution in [0.4, 0.5) is 17.3 Å². The molecule has 138 valence electrons. The minimum atomic E-state index is -0.387. The van der Waals surface area contributed by atoms with Crippen molar-refractivity contribution in [2.75, 3.05) is 42.9 Å². The average molecular weight is 356 g/mol. The van der Waals surface area contributed by atoms with Crippen LogP contribution in [0.15, 0.2) is 36.7 Å². The smallest absolute Gasteiger partial charge is 0.353 e. The van der Waals surface area contributed by atoms with Crippen LogP contribution < -0.4 is 10.2 Å². The fraction of sp³-hybridized carbons (Fsp3) is 0.444. The van der Waals surface area contributed by atoms with Crippen LogP contribution in [0, 0.1) is 10.1 Å². The lowest BCUT2D eigenvalue weighted by Crippen LogP contribution is -2.46. The molecule has 0 amide bonds. The fourth-order valence-corrected chi connectivity index (χ4v) is 3.18. The number of nitro groups is 1. The van der Waals surface area contributed by atoms with E-state index < -0.39 is 0 Å².